The Labute approximate surface area is 153 Å². The van der Waals surface area contributed by atoms with Crippen molar-refractivity contribution >= 4 is 17.8 Å². The Morgan fingerprint density at radius 1 is 1.31 bits per heavy atom. The van der Waals surface area contributed by atoms with Gasteiger partial charge in [-0.3, -0.25) is 9.59 Å². The third-order valence-electron chi connectivity index (χ3n) is 5.06. The second kappa shape index (κ2) is 7.76. The molecule has 3 N–H and O–H groups in total. The number of urea groups is 1. The molecule has 140 valence electrons. The highest BCUT2D eigenvalue weighted by atomic mass is 16.2. The van der Waals surface area contributed by atoms with Gasteiger partial charge < -0.3 is 20.9 Å². The molecule has 0 saturated carbocycles. The molecular weight excluding hydrogens is 332 g/mol. The number of nitrogens with one attached hydrogen (secondary N) is 3. The number of hydrogen-bond donors (Lipinski definition) is 3. The lowest BCUT2D eigenvalue weighted by Gasteiger charge is -2.34. The van der Waals surface area contributed by atoms with Gasteiger partial charge >= 0.3 is 6.03 Å². The second-order valence-corrected chi connectivity index (χ2v) is 7.04. The minimum absolute atomic E-state index is 0.0428. The third-order valence-corrected chi connectivity index (χ3v) is 5.06. The van der Waals surface area contributed by atoms with Gasteiger partial charge in [0.05, 0.1) is 12.1 Å². The van der Waals surface area contributed by atoms with Crippen LogP contribution in [0.5, 0.6) is 0 Å². The quantitative estimate of drug-likeness (QED) is 0.741. The fraction of sp³-hybridized carbons (Fsp3) is 0.526. The van der Waals surface area contributed by atoms with E-state index in [4.69, 9.17) is 0 Å². The summed E-state index contributed by atoms with van der Waals surface area (Å²) in [5, 5.41) is 8.61. The van der Waals surface area contributed by atoms with Crippen LogP contribution in [0.15, 0.2) is 30.3 Å². The molecule has 2 heterocycles. The van der Waals surface area contributed by atoms with Gasteiger partial charge in [0.1, 0.15) is 12.1 Å². The summed E-state index contributed by atoms with van der Waals surface area (Å²) in [7, 11) is 0. The lowest BCUT2D eigenvalue weighted by Crippen LogP contribution is -2.61. The van der Waals surface area contributed by atoms with Crippen LogP contribution >= 0.6 is 0 Å². The molecule has 2 aliphatic heterocycles. The Morgan fingerprint density at radius 2 is 2.04 bits per heavy atom. The molecule has 0 unspecified atom stereocenters. The Kier molecular flexibility index (Phi) is 5.44. The summed E-state index contributed by atoms with van der Waals surface area (Å²) in [6, 6.07) is 8.14. The molecule has 0 radical (unpaired) electrons. The van der Waals surface area contributed by atoms with Gasteiger partial charge in [-0.05, 0) is 25.3 Å². The number of hydrogen-bond acceptors (Lipinski definition) is 3. The van der Waals surface area contributed by atoms with Gasteiger partial charge in [0.25, 0.3) is 0 Å². The van der Waals surface area contributed by atoms with Crippen LogP contribution in [0.3, 0.4) is 0 Å². The summed E-state index contributed by atoms with van der Waals surface area (Å²) in [5.41, 5.74) is 1.02. The summed E-state index contributed by atoms with van der Waals surface area (Å²) >= 11 is 0. The maximum Gasteiger partial charge on any atom is 0.315 e. The van der Waals surface area contributed by atoms with Crippen molar-refractivity contribution in [3.63, 3.8) is 0 Å². The number of rotatable bonds is 5. The standard InChI is InChI=1S/C19H26N4O3/c1-3-7-15-18(25)23-11-14(10-16(23)17(24)22-15)21-19(26)20-12(2)13-8-5-4-6-9-13/h4-6,8-9,12,14-16H,3,7,10-11H2,1-2H3,(H,22,24)(H2,20,21,26)/t12-,14+,15+,16+/m1/s1. The number of carbonyl (C=O) groups excluding carboxylic acids is 3. The number of piperazine rings is 1. The summed E-state index contributed by atoms with van der Waals surface area (Å²) in [6.07, 6.45) is 1.92. The molecule has 0 aliphatic carbocycles. The van der Waals surface area contributed by atoms with E-state index in [0.717, 1.165) is 12.0 Å². The van der Waals surface area contributed by atoms with Crippen LogP contribution in [0.2, 0.25) is 0 Å². The highest BCUT2D eigenvalue weighted by molar-refractivity contribution is 5.97. The monoisotopic (exact) mass is 358 g/mol. The first-order valence-corrected chi connectivity index (χ1v) is 9.22. The van der Waals surface area contributed by atoms with Crippen LogP contribution in [0, 0.1) is 0 Å². The van der Waals surface area contributed by atoms with E-state index in [-0.39, 0.29) is 29.9 Å². The topological polar surface area (TPSA) is 90.5 Å². The van der Waals surface area contributed by atoms with Crippen LogP contribution in [-0.2, 0) is 9.59 Å². The zero-order valence-corrected chi connectivity index (χ0v) is 15.2. The van der Waals surface area contributed by atoms with Gasteiger partial charge in [0, 0.05) is 6.54 Å². The van der Waals surface area contributed by atoms with Crippen molar-refractivity contribution in [2.75, 3.05) is 6.54 Å². The van der Waals surface area contributed by atoms with Crippen molar-refractivity contribution in [3.05, 3.63) is 35.9 Å². The van der Waals surface area contributed by atoms with Crippen molar-refractivity contribution in [2.45, 2.75) is 57.3 Å². The normalized spacial score (nSPS) is 26.1. The van der Waals surface area contributed by atoms with E-state index in [1.807, 2.05) is 44.2 Å². The van der Waals surface area contributed by atoms with Crippen molar-refractivity contribution in [1.29, 1.82) is 0 Å². The first-order chi connectivity index (χ1) is 12.5. The highest BCUT2D eigenvalue weighted by Gasteiger charge is 2.46. The number of fused-ring (bicyclic) bond motifs is 1. The zero-order chi connectivity index (χ0) is 18.7. The maximum absolute atomic E-state index is 12.5. The minimum Gasteiger partial charge on any atom is -0.343 e. The van der Waals surface area contributed by atoms with Crippen molar-refractivity contribution in [2.24, 2.45) is 0 Å². The van der Waals surface area contributed by atoms with E-state index < -0.39 is 12.1 Å². The molecule has 0 spiro atoms. The molecule has 0 bridgehead atoms. The SMILES string of the molecule is CCC[C@@H]1NC(=O)[C@@H]2C[C@H](NC(=O)N[C@H](C)c3ccccc3)CN2C1=O. The molecule has 7 nitrogen and oxygen atoms in total. The summed E-state index contributed by atoms with van der Waals surface area (Å²) < 4.78 is 0. The first kappa shape index (κ1) is 18.2. The number of carbonyl (C=O) groups is 3. The first-order valence-electron chi connectivity index (χ1n) is 9.22. The Hall–Kier alpha value is -2.57. The van der Waals surface area contributed by atoms with E-state index in [1.165, 1.54) is 0 Å². The molecule has 26 heavy (non-hydrogen) atoms. The lowest BCUT2D eigenvalue weighted by atomic mass is 10.0. The molecule has 0 aromatic heterocycles. The van der Waals surface area contributed by atoms with Crippen LogP contribution in [0.1, 0.15) is 44.7 Å². The largest absolute Gasteiger partial charge is 0.343 e. The third kappa shape index (κ3) is 3.81. The van der Waals surface area contributed by atoms with Crippen LogP contribution in [0.25, 0.3) is 0 Å². The molecule has 1 aromatic rings. The predicted octanol–water partition coefficient (Wildman–Crippen LogP) is 1.31. The van der Waals surface area contributed by atoms with Gasteiger partial charge in [-0.2, -0.15) is 0 Å². The molecule has 1 aromatic carbocycles. The average molecular weight is 358 g/mol. The molecule has 2 fully saturated rings. The Morgan fingerprint density at radius 3 is 2.73 bits per heavy atom. The maximum atomic E-state index is 12.5. The lowest BCUT2D eigenvalue weighted by molar-refractivity contribution is -0.147. The second-order valence-electron chi connectivity index (χ2n) is 7.04. The van der Waals surface area contributed by atoms with E-state index in [1.54, 1.807) is 4.90 Å². The van der Waals surface area contributed by atoms with E-state index >= 15 is 0 Å². The summed E-state index contributed by atoms with van der Waals surface area (Å²) in [4.78, 5) is 38.7. The number of nitrogens with zero attached hydrogens (tertiary/aromatic N) is 1. The molecule has 4 atom stereocenters. The molecule has 4 amide bonds. The highest BCUT2D eigenvalue weighted by Crippen LogP contribution is 2.24. The fourth-order valence-electron chi connectivity index (χ4n) is 3.70. The summed E-state index contributed by atoms with van der Waals surface area (Å²) in [6.45, 7) is 4.28. The van der Waals surface area contributed by atoms with Gasteiger partial charge in [-0.1, -0.05) is 43.7 Å². The zero-order valence-electron chi connectivity index (χ0n) is 15.2. The smallest absolute Gasteiger partial charge is 0.315 e. The fourth-order valence-corrected chi connectivity index (χ4v) is 3.70. The van der Waals surface area contributed by atoms with Crippen molar-refractivity contribution < 1.29 is 14.4 Å². The van der Waals surface area contributed by atoms with E-state index in [2.05, 4.69) is 16.0 Å². The van der Waals surface area contributed by atoms with E-state index in [9.17, 15) is 14.4 Å². The molecular formula is C19H26N4O3. The van der Waals surface area contributed by atoms with Crippen molar-refractivity contribution in [1.82, 2.24) is 20.9 Å². The molecule has 7 heteroatoms. The van der Waals surface area contributed by atoms with E-state index in [0.29, 0.717) is 19.4 Å². The number of benzene rings is 1. The Bertz CT molecular complexity index is 679. The Balaban J connectivity index is 1.56. The van der Waals surface area contributed by atoms with Crippen LogP contribution < -0.4 is 16.0 Å². The van der Waals surface area contributed by atoms with Crippen LogP contribution in [-0.4, -0.2) is 47.4 Å². The minimum atomic E-state index is -0.479. The van der Waals surface area contributed by atoms with Gasteiger partial charge in [0.2, 0.25) is 11.8 Å². The molecule has 2 saturated heterocycles. The van der Waals surface area contributed by atoms with Gasteiger partial charge in [-0.15, -0.1) is 0 Å². The molecule has 2 aliphatic rings. The predicted molar refractivity (Wildman–Crippen MR) is 97.3 cm³/mol. The number of amides is 4. The molecule has 3 rings (SSSR count). The van der Waals surface area contributed by atoms with Crippen molar-refractivity contribution in [3.8, 4) is 0 Å². The van der Waals surface area contributed by atoms with Crippen LogP contribution in [0.4, 0.5) is 4.79 Å². The average Bonchev–Trinajstić information content (AvgIpc) is 3.05. The summed E-state index contributed by atoms with van der Waals surface area (Å²) in [5.74, 6) is -0.163. The van der Waals surface area contributed by atoms with Gasteiger partial charge in [0.15, 0.2) is 0 Å². The van der Waals surface area contributed by atoms with Gasteiger partial charge in [-0.25, -0.2) is 4.79 Å².